The Kier molecular flexibility index (Phi) is 4.14. The van der Waals surface area contributed by atoms with Crippen LogP contribution >= 0.6 is 0 Å². The third-order valence-electron chi connectivity index (χ3n) is 3.20. The van der Waals surface area contributed by atoms with Gasteiger partial charge in [-0.15, -0.1) is 0 Å². The number of H-pyrrole nitrogens is 1. The molecule has 0 aliphatic carbocycles. The molecule has 2 heterocycles. The minimum absolute atomic E-state index is 0.0128. The minimum atomic E-state index is -0.0345. The van der Waals surface area contributed by atoms with Gasteiger partial charge in [0.25, 0.3) is 0 Å². The number of nitrogens with zero attached hydrogens (tertiary/aromatic N) is 1. The molecule has 3 N–H and O–H groups in total. The van der Waals surface area contributed by atoms with Crippen molar-refractivity contribution >= 4 is 5.91 Å². The summed E-state index contributed by atoms with van der Waals surface area (Å²) >= 11 is 0. The first-order chi connectivity index (χ1) is 8.31. The van der Waals surface area contributed by atoms with Crippen molar-refractivity contribution in [1.82, 2.24) is 20.6 Å². The number of aromatic nitrogens is 2. The second kappa shape index (κ2) is 5.82. The molecule has 1 aliphatic heterocycles. The number of nitrogens with one attached hydrogen (secondary N) is 3. The molecule has 0 radical (unpaired) electrons. The van der Waals surface area contributed by atoms with Crippen LogP contribution in [0.15, 0.2) is 12.4 Å². The van der Waals surface area contributed by atoms with E-state index in [0.717, 1.165) is 31.6 Å². The van der Waals surface area contributed by atoms with E-state index < -0.39 is 0 Å². The monoisotopic (exact) mass is 236 g/mol. The average molecular weight is 236 g/mol. The molecular formula is C12H20N4O. The second-order valence-corrected chi connectivity index (χ2v) is 4.45. The highest BCUT2D eigenvalue weighted by Crippen LogP contribution is 2.13. The van der Waals surface area contributed by atoms with Gasteiger partial charge in [-0.1, -0.05) is 13.3 Å². The highest BCUT2D eigenvalue weighted by atomic mass is 16.2. The van der Waals surface area contributed by atoms with E-state index in [0.29, 0.717) is 0 Å². The summed E-state index contributed by atoms with van der Waals surface area (Å²) in [5, 5.41) is 6.29. The third-order valence-corrected chi connectivity index (χ3v) is 3.20. The highest BCUT2D eigenvalue weighted by molar-refractivity contribution is 5.82. The van der Waals surface area contributed by atoms with Crippen molar-refractivity contribution in [3.63, 3.8) is 0 Å². The van der Waals surface area contributed by atoms with Crippen LogP contribution in [-0.2, 0) is 4.79 Å². The van der Waals surface area contributed by atoms with Crippen LogP contribution in [0.3, 0.4) is 0 Å². The Bertz CT molecular complexity index is 343. The Morgan fingerprint density at radius 1 is 1.65 bits per heavy atom. The molecule has 1 amide bonds. The molecule has 0 aromatic carbocycles. The number of carbonyl (C=O) groups is 1. The molecule has 1 aromatic heterocycles. The number of piperidine rings is 1. The summed E-state index contributed by atoms with van der Waals surface area (Å²) in [5.41, 5.74) is 0. The maximum absolute atomic E-state index is 12.0. The molecule has 0 saturated carbocycles. The van der Waals surface area contributed by atoms with E-state index in [1.165, 1.54) is 6.42 Å². The first kappa shape index (κ1) is 12.1. The lowest BCUT2D eigenvalue weighted by Gasteiger charge is -2.24. The Balaban J connectivity index is 1.92. The van der Waals surface area contributed by atoms with Gasteiger partial charge < -0.3 is 15.6 Å². The summed E-state index contributed by atoms with van der Waals surface area (Å²) in [6, 6.07) is -0.0472. The minimum Gasteiger partial charge on any atom is -0.347 e. The van der Waals surface area contributed by atoms with Crippen molar-refractivity contribution < 1.29 is 4.79 Å². The Labute approximate surface area is 101 Å². The molecular weight excluding hydrogens is 216 g/mol. The Morgan fingerprint density at radius 2 is 2.53 bits per heavy atom. The lowest BCUT2D eigenvalue weighted by Crippen LogP contribution is -2.47. The highest BCUT2D eigenvalue weighted by Gasteiger charge is 2.23. The predicted octanol–water partition coefficient (Wildman–Crippen LogP) is 1.12. The fraction of sp³-hybridized carbons (Fsp3) is 0.667. The number of hydrogen-bond donors (Lipinski definition) is 3. The van der Waals surface area contributed by atoms with Crippen LogP contribution in [0, 0.1) is 0 Å². The van der Waals surface area contributed by atoms with Gasteiger partial charge >= 0.3 is 0 Å². The molecule has 1 aromatic rings. The van der Waals surface area contributed by atoms with E-state index >= 15 is 0 Å². The number of imidazole rings is 1. The molecule has 2 rings (SSSR count). The molecule has 2 unspecified atom stereocenters. The van der Waals surface area contributed by atoms with Gasteiger partial charge in [0.2, 0.25) is 5.91 Å². The first-order valence-electron chi connectivity index (χ1n) is 6.34. The van der Waals surface area contributed by atoms with Crippen molar-refractivity contribution in [2.75, 3.05) is 6.54 Å². The number of hydrogen-bond acceptors (Lipinski definition) is 3. The van der Waals surface area contributed by atoms with Crippen LogP contribution in [0.2, 0.25) is 0 Å². The smallest absolute Gasteiger partial charge is 0.237 e. The molecule has 1 saturated heterocycles. The van der Waals surface area contributed by atoms with Gasteiger partial charge in [0.1, 0.15) is 5.82 Å². The van der Waals surface area contributed by atoms with Crippen LogP contribution in [0.25, 0.3) is 0 Å². The van der Waals surface area contributed by atoms with Crippen molar-refractivity contribution in [3.05, 3.63) is 18.2 Å². The van der Waals surface area contributed by atoms with Crippen LogP contribution < -0.4 is 10.6 Å². The van der Waals surface area contributed by atoms with Gasteiger partial charge in [-0.05, 0) is 25.8 Å². The number of rotatable bonds is 4. The van der Waals surface area contributed by atoms with Gasteiger partial charge in [-0.2, -0.15) is 0 Å². The lowest BCUT2D eigenvalue weighted by atomic mass is 10.0. The molecule has 0 bridgehead atoms. The van der Waals surface area contributed by atoms with Gasteiger partial charge in [-0.25, -0.2) is 4.98 Å². The van der Waals surface area contributed by atoms with E-state index in [1.807, 2.05) is 6.92 Å². The molecule has 1 fully saturated rings. The number of aromatic amines is 1. The predicted molar refractivity (Wildman–Crippen MR) is 65.4 cm³/mol. The van der Waals surface area contributed by atoms with Gasteiger partial charge in [0, 0.05) is 12.4 Å². The van der Waals surface area contributed by atoms with E-state index in [-0.39, 0.29) is 18.0 Å². The second-order valence-electron chi connectivity index (χ2n) is 4.45. The average Bonchev–Trinajstić information content (AvgIpc) is 2.90. The van der Waals surface area contributed by atoms with Crippen molar-refractivity contribution in [2.45, 2.75) is 44.7 Å². The maximum atomic E-state index is 12.0. The van der Waals surface area contributed by atoms with Crippen LogP contribution in [0.1, 0.15) is 44.5 Å². The van der Waals surface area contributed by atoms with Gasteiger partial charge in [0.05, 0.1) is 12.1 Å². The summed E-state index contributed by atoms with van der Waals surface area (Å²) in [6.45, 7) is 2.98. The van der Waals surface area contributed by atoms with E-state index in [1.54, 1.807) is 12.4 Å². The van der Waals surface area contributed by atoms with Gasteiger partial charge in [0.15, 0.2) is 0 Å². The molecule has 5 nitrogen and oxygen atoms in total. The maximum Gasteiger partial charge on any atom is 0.237 e. The Hall–Kier alpha value is -1.36. The summed E-state index contributed by atoms with van der Waals surface area (Å²) in [7, 11) is 0. The lowest BCUT2D eigenvalue weighted by molar-refractivity contribution is -0.124. The van der Waals surface area contributed by atoms with Crippen LogP contribution in [0.4, 0.5) is 0 Å². The Morgan fingerprint density at radius 3 is 3.12 bits per heavy atom. The van der Waals surface area contributed by atoms with Crippen molar-refractivity contribution in [2.24, 2.45) is 0 Å². The standard InChI is InChI=1S/C12H20N4O/c1-2-9(11-14-7-8-15-11)16-12(17)10-5-3-4-6-13-10/h7-10,13H,2-6H2,1H3,(H,14,15)(H,16,17). The molecule has 2 atom stereocenters. The topological polar surface area (TPSA) is 69.8 Å². The molecule has 5 heteroatoms. The number of amides is 1. The molecule has 94 valence electrons. The summed E-state index contributed by atoms with van der Waals surface area (Å²) < 4.78 is 0. The third kappa shape index (κ3) is 3.06. The first-order valence-corrected chi connectivity index (χ1v) is 6.34. The van der Waals surface area contributed by atoms with E-state index in [2.05, 4.69) is 20.6 Å². The molecule has 17 heavy (non-hydrogen) atoms. The molecule has 0 spiro atoms. The van der Waals surface area contributed by atoms with Crippen LogP contribution in [0.5, 0.6) is 0 Å². The van der Waals surface area contributed by atoms with Gasteiger partial charge in [-0.3, -0.25) is 4.79 Å². The van der Waals surface area contributed by atoms with Crippen molar-refractivity contribution in [1.29, 1.82) is 0 Å². The zero-order valence-electron chi connectivity index (χ0n) is 10.2. The number of carbonyl (C=O) groups excluding carboxylic acids is 1. The van der Waals surface area contributed by atoms with Crippen molar-refractivity contribution in [3.8, 4) is 0 Å². The van der Waals surface area contributed by atoms with E-state index in [4.69, 9.17) is 0 Å². The zero-order chi connectivity index (χ0) is 12.1. The summed E-state index contributed by atoms with van der Waals surface area (Å²) in [6.07, 6.45) is 7.56. The fourth-order valence-corrected chi connectivity index (χ4v) is 2.18. The quantitative estimate of drug-likeness (QED) is 0.733. The molecule has 1 aliphatic rings. The van der Waals surface area contributed by atoms with E-state index in [9.17, 15) is 4.79 Å². The fourth-order valence-electron chi connectivity index (χ4n) is 2.18. The summed E-state index contributed by atoms with van der Waals surface area (Å²) in [5.74, 6) is 0.921. The SMILES string of the molecule is CCC(NC(=O)C1CCCCN1)c1ncc[nH]1. The largest absolute Gasteiger partial charge is 0.347 e. The normalized spacial score (nSPS) is 22.1. The summed E-state index contributed by atoms with van der Waals surface area (Å²) in [4.78, 5) is 19.3. The van der Waals surface area contributed by atoms with Crippen LogP contribution in [-0.4, -0.2) is 28.5 Å². The zero-order valence-corrected chi connectivity index (χ0v) is 10.2.